The third-order valence-electron chi connectivity index (χ3n) is 4.12. The molecule has 3 rings (SSSR count). The molecule has 0 N–H and O–H groups in total. The molecule has 7 heteroatoms. The summed E-state index contributed by atoms with van der Waals surface area (Å²) in [5.41, 5.74) is 4.15. The number of sulfone groups is 1. The normalized spacial score (nSPS) is 11.3. The topological polar surface area (TPSA) is 75.8 Å². The van der Waals surface area contributed by atoms with E-state index in [4.69, 9.17) is 16.9 Å². The van der Waals surface area contributed by atoms with E-state index in [-0.39, 0.29) is 11.4 Å². The number of nitrogens with zero attached hydrogens (tertiary/aromatic N) is 3. The summed E-state index contributed by atoms with van der Waals surface area (Å²) in [6.45, 7) is 2.04. The molecule has 3 aromatic rings. The third kappa shape index (κ3) is 3.50. The van der Waals surface area contributed by atoms with Crippen molar-refractivity contribution in [1.29, 1.82) is 5.26 Å². The van der Waals surface area contributed by atoms with Gasteiger partial charge in [0.25, 0.3) is 0 Å². The first-order valence-electron chi connectivity index (χ1n) is 7.82. The average molecular weight is 386 g/mol. The maximum Gasteiger partial charge on any atom is 0.175 e. The van der Waals surface area contributed by atoms with Crippen molar-refractivity contribution in [3.05, 3.63) is 59.2 Å². The number of hydrogen-bond acceptors (Lipinski definition) is 4. The highest BCUT2D eigenvalue weighted by Crippen LogP contribution is 2.35. The molecule has 0 radical (unpaired) electrons. The van der Waals surface area contributed by atoms with Crippen molar-refractivity contribution in [3.63, 3.8) is 0 Å². The predicted molar refractivity (Wildman–Crippen MR) is 102 cm³/mol. The second-order valence-corrected chi connectivity index (χ2v) is 8.38. The van der Waals surface area contributed by atoms with Crippen molar-refractivity contribution >= 4 is 21.4 Å². The number of nitriles is 1. The van der Waals surface area contributed by atoms with Gasteiger partial charge in [0.15, 0.2) is 9.84 Å². The Balaban J connectivity index is 2.19. The summed E-state index contributed by atoms with van der Waals surface area (Å²) in [6.07, 6.45) is 1.17. The Kier molecular flexibility index (Phi) is 4.86. The summed E-state index contributed by atoms with van der Waals surface area (Å²) in [7, 11) is -3.26. The van der Waals surface area contributed by atoms with E-state index < -0.39 is 9.84 Å². The van der Waals surface area contributed by atoms with Gasteiger partial charge in [0.1, 0.15) is 12.2 Å². The largest absolute Gasteiger partial charge is 0.254 e. The summed E-state index contributed by atoms with van der Waals surface area (Å²) in [5.74, 6) is 0. The zero-order chi connectivity index (χ0) is 18.9. The minimum atomic E-state index is -3.26. The Morgan fingerprint density at radius 2 is 1.65 bits per heavy atom. The van der Waals surface area contributed by atoms with Crippen LogP contribution in [0.25, 0.3) is 22.4 Å². The van der Waals surface area contributed by atoms with Crippen LogP contribution < -0.4 is 0 Å². The van der Waals surface area contributed by atoms with Gasteiger partial charge in [-0.3, -0.25) is 4.68 Å². The minimum absolute atomic E-state index is 0.133. The average Bonchev–Trinajstić information content (AvgIpc) is 2.92. The minimum Gasteiger partial charge on any atom is -0.254 e. The highest BCUT2D eigenvalue weighted by atomic mass is 35.5. The smallest absolute Gasteiger partial charge is 0.175 e. The lowest BCUT2D eigenvalue weighted by Gasteiger charge is -2.06. The van der Waals surface area contributed by atoms with Crippen LogP contribution in [0.4, 0.5) is 0 Å². The molecule has 0 atom stereocenters. The van der Waals surface area contributed by atoms with E-state index in [0.717, 1.165) is 22.4 Å². The van der Waals surface area contributed by atoms with Crippen molar-refractivity contribution in [2.45, 2.75) is 18.4 Å². The van der Waals surface area contributed by atoms with Crippen LogP contribution in [0, 0.1) is 18.3 Å². The maximum absolute atomic E-state index is 11.7. The number of rotatable bonds is 4. The summed E-state index contributed by atoms with van der Waals surface area (Å²) in [5, 5.41) is 14.3. The zero-order valence-electron chi connectivity index (χ0n) is 14.3. The van der Waals surface area contributed by atoms with Gasteiger partial charge in [0.2, 0.25) is 0 Å². The molecule has 0 amide bonds. The predicted octanol–water partition coefficient (Wildman–Crippen LogP) is 4.11. The molecule has 26 heavy (non-hydrogen) atoms. The molecule has 0 aliphatic rings. The second kappa shape index (κ2) is 6.94. The molecule has 0 saturated heterocycles. The highest BCUT2D eigenvalue weighted by Gasteiger charge is 2.18. The van der Waals surface area contributed by atoms with Crippen LogP contribution in [-0.4, -0.2) is 24.5 Å². The third-order valence-corrected chi connectivity index (χ3v) is 5.50. The Hall–Kier alpha value is -2.62. The number of halogens is 1. The van der Waals surface area contributed by atoms with Crippen LogP contribution >= 0.6 is 11.6 Å². The van der Waals surface area contributed by atoms with Crippen molar-refractivity contribution < 1.29 is 8.42 Å². The van der Waals surface area contributed by atoms with E-state index >= 15 is 0 Å². The van der Waals surface area contributed by atoms with Crippen LogP contribution in [-0.2, 0) is 16.4 Å². The first-order chi connectivity index (χ1) is 12.3. The zero-order valence-corrected chi connectivity index (χ0v) is 15.8. The van der Waals surface area contributed by atoms with Gasteiger partial charge in [0, 0.05) is 28.1 Å². The summed E-state index contributed by atoms with van der Waals surface area (Å²) in [4.78, 5) is 0.252. The molecule has 0 aliphatic heterocycles. The van der Waals surface area contributed by atoms with Crippen molar-refractivity contribution in [2.24, 2.45) is 0 Å². The fourth-order valence-corrected chi connectivity index (χ4v) is 3.55. The van der Waals surface area contributed by atoms with Crippen molar-refractivity contribution in [3.8, 4) is 28.5 Å². The standard InChI is InChI=1S/C19H16ClN3O2S/c1-13-18(14-3-7-16(20)8-4-14)19(22-23(13)12-11-21)15-5-9-17(10-6-15)26(2,24)25/h3-10H,12H2,1-2H3. The van der Waals surface area contributed by atoms with E-state index in [9.17, 15) is 8.42 Å². The van der Waals surface area contributed by atoms with E-state index in [1.807, 2.05) is 19.1 Å². The van der Waals surface area contributed by atoms with Gasteiger partial charge in [-0.05, 0) is 36.8 Å². The molecule has 1 aromatic heterocycles. The summed E-state index contributed by atoms with van der Waals surface area (Å²) in [6, 6.07) is 16.1. The Labute approximate surface area is 157 Å². The highest BCUT2D eigenvalue weighted by molar-refractivity contribution is 7.90. The van der Waals surface area contributed by atoms with Crippen LogP contribution in [0.3, 0.4) is 0 Å². The molecule has 1 heterocycles. The first-order valence-corrected chi connectivity index (χ1v) is 10.1. The van der Waals surface area contributed by atoms with E-state index in [1.54, 1.807) is 41.1 Å². The van der Waals surface area contributed by atoms with Gasteiger partial charge >= 0.3 is 0 Å². The molecule has 5 nitrogen and oxygen atoms in total. The fraction of sp³-hybridized carbons (Fsp3) is 0.158. The summed E-state index contributed by atoms with van der Waals surface area (Å²) >= 11 is 5.99. The second-order valence-electron chi connectivity index (χ2n) is 5.93. The van der Waals surface area contributed by atoms with Gasteiger partial charge in [-0.1, -0.05) is 35.9 Å². The van der Waals surface area contributed by atoms with Crippen LogP contribution in [0.2, 0.25) is 5.02 Å². The van der Waals surface area contributed by atoms with Gasteiger partial charge in [0.05, 0.1) is 11.0 Å². The van der Waals surface area contributed by atoms with Crippen molar-refractivity contribution in [2.75, 3.05) is 6.26 Å². The molecule has 0 spiro atoms. The molecule has 2 aromatic carbocycles. The van der Waals surface area contributed by atoms with E-state index in [0.29, 0.717) is 10.7 Å². The quantitative estimate of drug-likeness (QED) is 0.677. The Morgan fingerprint density at radius 1 is 1.08 bits per heavy atom. The van der Waals surface area contributed by atoms with Crippen LogP contribution in [0.5, 0.6) is 0 Å². The van der Waals surface area contributed by atoms with Gasteiger partial charge < -0.3 is 0 Å². The van der Waals surface area contributed by atoms with E-state index in [1.165, 1.54) is 6.26 Å². The first kappa shape index (κ1) is 18.2. The Morgan fingerprint density at radius 3 is 2.19 bits per heavy atom. The lowest BCUT2D eigenvalue weighted by molar-refractivity contribution is 0.602. The number of aromatic nitrogens is 2. The molecule has 0 saturated carbocycles. The van der Waals surface area contributed by atoms with Crippen LogP contribution in [0.15, 0.2) is 53.4 Å². The lowest BCUT2D eigenvalue weighted by atomic mass is 9.99. The van der Waals surface area contributed by atoms with Crippen LogP contribution in [0.1, 0.15) is 5.69 Å². The van der Waals surface area contributed by atoms with E-state index in [2.05, 4.69) is 11.2 Å². The molecule has 0 bridgehead atoms. The Bertz CT molecular complexity index is 1090. The molecule has 0 unspecified atom stereocenters. The molecule has 0 fully saturated rings. The number of benzene rings is 2. The molecule has 0 aliphatic carbocycles. The monoisotopic (exact) mass is 385 g/mol. The van der Waals surface area contributed by atoms with Gasteiger partial charge in [-0.25, -0.2) is 8.42 Å². The summed E-state index contributed by atoms with van der Waals surface area (Å²) < 4.78 is 25.0. The molecule has 132 valence electrons. The molecular weight excluding hydrogens is 370 g/mol. The molecular formula is C19H16ClN3O2S. The van der Waals surface area contributed by atoms with Gasteiger partial charge in [-0.15, -0.1) is 0 Å². The SMILES string of the molecule is Cc1c(-c2ccc(Cl)cc2)c(-c2ccc(S(C)(=O)=O)cc2)nn1CC#N. The van der Waals surface area contributed by atoms with Gasteiger partial charge in [-0.2, -0.15) is 10.4 Å². The number of hydrogen-bond donors (Lipinski definition) is 0. The lowest BCUT2D eigenvalue weighted by Crippen LogP contribution is -2.00. The maximum atomic E-state index is 11.7. The fourth-order valence-electron chi connectivity index (χ4n) is 2.79. The van der Waals surface area contributed by atoms with Crippen molar-refractivity contribution in [1.82, 2.24) is 9.78 Å².